The van der Waals surface area contributed by atoms with E-state index in [0.717, 1.165) is 32.2 Å². The number of carbonyl (C=O) groups excluding carboxylic acids is 2. The number of rotatable bonds is 14. The van der Waals surface area contributed by atoms with Crippen LogP contribution in [0.25, 0.3) is 0 Å². The van der Waals surface area contributed by atoms with Gasteiger partial charge in [-0.05, 0) is 19.3 Å². The van der Waals surface area contributed by atoms with E-state index in [1.165, 1.54) is 25.7 Å². The largest absolute Gasteiger partial charge is 0.356 e. The molecule has 2 amide bonds. The number of hydrogen-bond acceptors (Lipinski definition) is 2. The van der Waals surface area contributed by atoms with Crippen LogP contribution < -0.4 is 10.6 Å². The average molecular weight is 327 g/mol. The van der Waals surface area contributed by atoms with E-state index in [1.54, 1.807) is 0 Å². The Morgan fingerprint density at radius 2 is 1.30 bits per heavy atom. The lowest BCUT2D eigenvalue weighted by atomic mass is 9.82. The average Bonchev–Trinajstić information content (AvgIpc) is 2.54. The maximum absolute atomic E-state index is 12.4. The predicted octanol–water partition coefficient (Wildman–Crippen LogP) is 4.19. The minimum Gasteiger partial charge on any atom is -0.356 e. The van der Waals surface area contributed by atoms with Gasteiger partial charge in [-0.2, -0.15) is 0 Å². The maximum Gasteiger partial charge on any atom is 0.226 e. The molecule has 1 atom stereocenters. The first kappa shape index (κ1) is 21.9. The van der Waals surface area contributed by atoms with Gasteiger partial charge in [0.25, 0.3) is 0 Å². The Morgan fingerprint density at radius 3 is 1.78 bits per heavy atom. The summed E-state index contributed by atoms with van der Waals surface area (Å²) in [5, 5.41) is 5.96. The molecule has 0 aliphatic carbocycles. The lowest BCUT2D eigenvalue weighted by Crippen LogP contribution is -2.42. The van der Waals surface area contributed by atoms with Gasteiger partial charge in [0.15, 0.2) is 0 Å². The first-order chi connectivity index (χ1) is 11.0. The van der Waals surface area contributed by atoms with Gasteiger partial charge in [-0.3, -0.25) is 9.59 Å². The van der Waals surface area contributed by atoms with Gasteiger partial charge in [-0.1, -0.05) is 66.2 Å². The van der Waals surface area contributed by atoms with E-state index in [1.807, 2.05) is 13.8 Å². The highest BCUT2D eigenvalue weighted by Gasteiger charge is 2.33. The SMILES string of the molecule is CCCCCCNC(=O)CC(C)(CC)C(=O)NCCCCCC. The van der Waals surface area contributed by atoms with Crippen LogP contribution in [0.15, 0.2) is 0 Å². The molecule has 2 N–H and O–H groups in total. The molecule has 1 unspecified atom stereocenters. The summed E-state index contributed by atoms with van der Waals surface area (Å²) in [6.07, 6.45) is 10.1. The Bertz CT molecular complexity index is 331. The first-order valence-corrected chi connectivity index (χ1v) is 9.55. The Labute approximate surface area is 143 Å². The molecular weight excluding hydrogens is 288 g/mol. The molecule has 0 fully saturated rings. The topological polar surface area (TPSA) is 58.2 Å². The second-order valence-corrected chi connectivity index (χ2v) is 6.82. The fraction of sp³-hybridized carbons (Fsp3) is 0.895. The maximum atomic E-state index is 12.4. The van der Waals surface area contributed by atoms with Gasteiger partial charge in [0.1, 0.15) is 0 Å². The molecule has 0 radical (unpaired) electrons. The molecule has 0 aliphatic heterocycles. The van der Waals surface area contributed by atoms with Crippen LogP contribution in [-0.4, -0.2) is 24.9 Å². The Hall–Kier alpha value is -1.06. The molecule has 0 heterocycles. The van der Waals surface area contributed by atoms with Gasteiger partial charge in [0.05, 0.1) is 5.41 Å². The molecule has 0 saturated heterocycles. The van der Waals surface area contributed by atoms with Crippen molar-refractivity contribution in [3.8, 4) is 0 Å². The Balaban J connectivity index is 4.09. The lowest BCUT2D eigenvalue weighted by molar-refractivity contribution is -0.135. The Kier molecular flexibility index (Phi) is 12.8. The van der Waals surface area contributed by atoms with Crippen LogP contribution >= 0.6 is 0 Å². The van der Waals surface area contributed by atoms with E-state index in [0.29, 0.717) is 13.0 Å². The summed E-state index contributed by atoms with van der Waals surface area (Å²) in [5.74, 6) is 0.00427. The summed E-state index contributed by atoms with van der Waals surface area (Å²) in [7, 11) is 0. The quantitative estimate of drug-likeness (QED) is 0.470. The highest BCUT2D eigenvalue weighted by molar-refractivity contribution is 5.88. The third-order valence-electron chi connectivity index (χ3n) is 4.55. The Morgan fingerprint density at radius 1 is 0.783 bits per heavy atom. The second kappa shape index (κ2) is 13.4. The highest BCUT2D eigenvalue weighted by Crippen LogP contribution is 2.26. The molecule has 0 aromatic rings. The summed E-state index contributed by atoms with van der Waals surface area (Å²) >= 11 is 0. The van der Waals surface area contributed by atoms with Crippen LogP contribution in [0.5, 0.6) is 0 Å². The fourth-order valence-corrected chi connectivity index (χ4v) is 2.53. The molecule has 4 heteroatoms. The molecule has 0 bridgehead atoms. The standard InChI is InChI=1S/C19H38N2O2/c1-5-8-10-12-14-20-17(22)16-19(4,7-3)18(23)21-15-13-11-9-6-2/h5-16H2,1-4H3,(H,20,22)(H,21,23). The van der Waals surface area contributed by atoms with Crippen LogP contribution in [-0.2, 0) is 9.59 Å². The molecule has 0 aliphatic rings. The lowest BCUT2D eigenvalue weighted by Gasteiger charge is -2.26. The van der Waals surface area contributed by atoms with Gasteiger partial charge in [-0.25, -0.2) is 0 Å². The van der Waals surface area contributed by atoms with Gasteiger partial charge >= 0.3 is 0 Å². The van der Waals surface area contributed by atoms with Crippen LogP contribution in [0, 0.1) is 5.41 Å². The highest BCUT2D eigenvalue weighted by atomic mass is 16.2. The van der Waals surface area contributed by atoms with Crippen molar-refractivity contribution in [1.29, 1.82) is 0 Å². The van der Waals surface area contributed by atoms with Crippen molar-refractivity contribution in [3.05, 3.63) is 0 Å². The van der Waals surface area contributed by atoms with E-state index in [9.17, 15) is 9.59 Å². The second-order valence-electron chi connectivity index (χ2n) is 6.82. The van der Waals surface area contributed by atoms with Crippen molar-refractivity contribution >= 4 is 11.8 Å². The van der Waals surface area contributed by atoms with Crippen LogP contribution in [0.1, 0.15) is 91.9 Å². The zero-order valence-electron chi connectivity index (χ0n) is 15.8. The third-order valence-corrected chi connectivity index (χ3v) is 4.55. The van der Waals surface area contributed by atoms with Crippen molar-refractivity contribution in [1.82, 2.24) is 10.6 Å². The number of unbranched alkanes of at least 4 members (excludes halogenated alkanes) is 6. The zero-order valence-corrected chi connectivity index (χ0v) is 15.8. The zero-order chi connectivity index (χ0) is 17.6. The van der Waals surface area contributed by atoms with E-state index >= 15 is 0 Å². The third kappa shape index (κ3) is 10.4. The van der Waals surface area contributed by atoms with Crippen molar-refractivity contribution in [2.24, 2.45) is 5.41 Å². The van der Waals surface area contributed by atoms with Gasteiger partial charge in [-0.15, -0.1) is 0 Å². The molecular formula is C19H38N2O2. The number of nitrogens with one attached hydrogen (secondary N) is 2. The van der Waals surface area contributed by atoms with Crippen LogP contribution in [0.3, 0.4) is 0 Å². The number of carbonyl (C=O) groups is 2. The molecule has 0 rings (SSSR count). The van der Waals surface area contributed by atoms with Gasteiger partial charge in [0, 0.05) is 19.5 Å². The van der Waals surface area contributed by atoms with Crippen LogP contribution in [0.4, 0.5) is 0 Å². The normalized spacial score (nSPS) is 13.4. The van der Waals surface area contributed by atoms with Crippen LogP contribution in [0.2, 0.25) is 0 Å². The molecule has 0 spiro atoms. The van der Waals surface area contributed by atoms with Crippen molar-refractivity contribution < 1.29 is 9.59 Å². The minimum atomic E-state index is -0.599. The number of amides is 2. The molecule has 0 aromatic heterocycles. The van der Waals surface area contributed by atoms with E-state index in [2.05, 4.69) is 24.5 Å². The van der Waals surface area contributed by atoms with Crippen molar-refractivity contribution in [2.45, 2.75) is 91.9 Å². The van der Waals surface area contributed by atoms with E-state index in [-0.39, 0.29) is 18.2 Å². The molecule has 0 saturated carbocycles. The fourth-order valence-electron chi connectivity index (χ4n) is 2.53. The minimum absolute atomic E-state index is 0.00742. The van der Waals surface area contributed by atoms with E-state index in [4.69, 9.17) is 0 Å². The van der Waals surface area contributed by atoms with Gasteiger partial charge in [0.2, 0.25) is 11.8 Å². The summed E-state index contributed by atoms with van der Waals surface area (Å²) in [6, 6.07) is 0. The molecule has 136 valence electrons. The summed E-state index contributed by atoms with van der Waals surface area (Å²) in [5.41, 5.74) is -0.599. The molecule has 23 heavy (non-hydrogen) atoms. The predicted molar refractivity (Wildman–Crippen MR) is 97.3 cm³/mol. The smallest absolute Gasteiger partial charge is 0.226 e. The summed E-state index contributed by atoms with van der Waals surface area (Å²) in [6.45, 7) is 9.65. The van der Waals surface area contributed by atoms with Gasteiger partial charge < -0.3 is 10.6 Å². The van der Waals surface area contributed by atoms with Crippen molar-refractivity contribution in [2.75, 3.05) is 13.1 Å². The monoisotopic (exact) mass is 326 g/mol. The van der Waals surface area contributed by atoms with E-state index < -0.39 is 5.41 Å². The number of hydrogen-bond donors (Lipinski definition) is 2. The molecule has 0 aromatic carbocycles. The summed E-state index contributed by atoms with van der Waals surface area (Å²) in [4.78, 5) is 24.5. The molecule has 4 nitrogen and oxygen atoms in total. The summed E-state index contributed by atoms with van der Waals surface area (Å²) < 4.78 is 0. The van der Waals surface area contributed by atoms with Crippen molar-refractivity contribution in [3.63, 3.8) is 0 Å². The first-order valence-electron chi connectivity index (χ1n) is 9.55.